The first-order chi connectivity index (χ1) is 32.2. The summed E-state index contributed by atoms with van der Waals surface area (Å²) in [5, 5.41) is 2.33. The van der Waals surface area contributed by atoms with Crippen molar-refractivity contribution >= 4 is 32.8 Å². The third-order valence-corrected chi connectivity index (χ3v) is 15.0. The van der Waals surface area contributed by atoms with Crippen LogP contribution < -0.4 is 9.30 Å². The van der Waals surface area contributed by atoms with Gasteiger partial charge in [0.05, 0.1) is 33.4 Å². The van der Waals surface area contributed by atoms with Crippen LogP contribution in [0, 0.1) is 6.33 Å². The number of nitrogens with zero attached hydrogens (tertiary/aromatic N) is 4. The van der Waals surface area contributed by atoms with Crippen LogP contribution in [-0.2, 0) is 21.7 Å². The van der Waals surface area contributed by atoms with Gasteiger partial charge < -0.3 is 4.74 Å². The molecule has 3 heterocycles. The van der Waals surface area contributed by atoms with E-state index in [2.05, 4.69) is 221 Å². The van der Waals surface area contributed by atoms with Crippen LogP contribution in [0.4, 0.5) is 0 Å². The van der Waals surface area contributed by atoms with Crippen LogP contribution in [0.3, 0.4) is 0 Å². The van der Waals surface area contributed by atoms with Crippen molar-refractivity contribution in [2.75, 3.05) is 0 Å². The topological polar surface area (TPSA) is 35.9 Å². The average molecular weight is 873 g/mol. The molecule has 3 aromatic heterocycles. The molecule has 0 atom stereocenters. The minimum Gasteiger partial charge on any atom is -0.458 e. The number of para-hydroxylation sites is 4. The van der Waals surface area contributed by atoms with Gasteiger partial charge in [0.15, 0.2) is 0 Å². The molecule has 7 aromatic carbocycles. The van der Waals surface area contributed by atoms with E-state index in [1.54, 1.807) is 0 Å². The molecule has 0 radical (unpaired) electrons. The largest absolute Gasteiger partial charge is 0.458 e. The number of ether oxygens (including phenoxy) is 1. The van der Waals surface area contributed by atoms with Gasteiger partial charge in [-0.05, 0) is 128 Å². The Morgan fingerprint density at radius 2 is 1.07 bits per heavy atom. The fourth-order valence-electron chi connectivity index (χ4n) is 12.6. The molecule has 0 N–H and O–H groups in total. The Labute approximate surface area is 394 Å². The van der Waals surface area contributed by atoms with Crippen LogP contribution in [0.25, 0.3) is 72.3 Å². The molecule has 0 saturated carbocycles. The number of pyridine rings is 1. The highest BCUT2D eigenvalue weighted by molar-refractivity contribution is 6.09. The molecule has 5 nitrogen and oxygen atoms in total. The maximum absolute atomic E-state index is 6.76. The molecular formula is C62H56N4O. The van der Waals surface area contributed by atoms with Crippen molar-refractivity contribution in [2.24, 2.45) is 0 Å². The summed E-state index contributed by atoms with van der Waals surface area (Å²) in [7, 11) is 0. The van der Waals surface area contributed by atoms with Crippen molar-refractivity contribution in [3.63, 3.8) is 0 Å². The Hall–Kier alpha value is -7.24. The van der Waals surface area contributed by atoms with E-state index in [1.807, 2.05) is 24.4 Å². The summed E-state index contributed by atoms with van der Waals surface area (Å²) in [4.78, 5) is 4.74. The Morgan fingerprint density at radius 3 is 1.75 bits per heavy atom. The Morgan fingerprint density at radius 1 is 0.493 bits per heavy atom. The second kappa shape index (κ2) is 14.6. The molecule has 0 saturated heterocycles. The van der Waals surface area contributed by atoms with Crippen LogP contribution in [0.5, 0.6) is 11.5 Å². The summed E-state index contributed by atoms with van der Waals surface area (Å²) in [6.45, 7) is 19.2. The number of benzene rings is 7. The van der Waals surface area contributed by atoms with Crippen molar-refractivity contribution in [1.29, 1.82) is 0 Å². The Balaban J connectivity index is 1.01. The normalized spacial score (nSPS) is 16.4. The number of rotatable bonds is 7. The lowest BCUT2D eigenvalue weighted by Crippen LogP contribution is -2.31. The van der Waals surface area contributed by atoms with Crippen LogP contribution >= 0.6 is 0 Å². The van der Waals surface area contributed by atoms with Gasteiger partial charge in [-0.2, -0.15) is 0 Å². The first-order valence-corrected chi connectivity index (χ1v) is 23.8. The number of fused-ring (bicyclic) bond motifs is 6. The van der Waals surface area contributed by atoms with E-state index in [9.17, 15) is 0 Å². The Kier molecular flexibility index (Phi) is 9.00. The molecule has 5 heteroatoms. The van der Waals surface area contributed by atoms with E-state index in [-0.39, 0.29) is 21.7 Å². The first kappa shape index (κ1) is 41.2. The summed E-state index contributed by atoms with van der Waals surface area (Å²) in [5.41, 5.74) is 17.3. The molecule has 2 aliphatic carbocycles. The number of hydrogen-bond donors (Lipinski definition) is 0. The van der Waals surface area contributed by atoms with Crippen molar-refractivity contribution in [3.8, 4) is 50.9 Å². The van der Waals surface area contributed by atoms with E-state index in [4.69, 9.17) is 9.72 Å². The molecule has 0 amide bonds. The molecule has 0 unspecified atom stereocenters. The van der Waals surface area contributed by atoms with Gasteiger partial charge in [-0.15, -0.1) is 0 Å². The predicted octanol–water partition coefficient (Wildman–Crippen LogP) is 15.2. The zero-order valence-corrected chi connectivity index (χ0v) is 39.8. The molecule has 2 aliphatic rings. The van der Waals surface area contributed by atoms with E-state index >= 15 is 0 Å². The standard InChI is InChI=1S/C62H56N4O/c1-59(2)37-61(5,6)51-33-40(26-30-49(51)59)45-20-16-21-46(41-27-31-50-52(34-41)62(7,8)38-60(50,3)4)58(45)65-39-64(54-23-11-12-24-55(54)65)42-17-15-18-43(35-42)67-44-28-29-48-47-19-9-10-22-53(47)66(56(48)36-44)57-25-13-14-32-63-57/h9-36H,37-38H2,1-8H3. The lowest BCUT2D eigenvalue weighted by molar-refractivity contribution is -0.571. The van der Waals surface area contributed by atoms with Crippen LogP contribution in [0.1, 0.15) is 90.5 Å². The second-order valence-electron chi connectivity index (χ2n) is 21.7. The number of aromatic nitrogens is 4. The van der Waals surface area contributed by atoms with Gasteiger partial charge in [-0.1, -0.05) is 165 Å². The highest BCUT2D eigenvalue weighted by atomic mass is 16.5. The lowest BCUT2D eigenvalue weighted by atomic mass is 9.82. The van der Waals surface area contributed by atoms with Gasteiger partial charge in [-0.3, -0.25) is 13.7 Å². The molecule has 0 aliphatic heterocycles. The molecule has 10 aromatic rings. The summed E-state index contributed by atoms with van der Waals surface area (Å²) >= 11 is 0. The maximum atomic E-state index is 6.76. The quantitative estimate of drug-likeness (QED) is 0.118. The molecule has 330 valence electrons. The lowest BCUT2D eigenvalue weighted by Gasteiger charge is -2.23. The van der Waals surface area contributed by atoms with E-state index in [0.717, 1.165) is 69.0 Å². The molecule has 0 fully saturated rings. The van der Waals surface area contributed by atoms with E-state index in [1.165, 1.54) is 49.9 Å². The average Bonchev–Trinajstić information content (AvgIpc) is 3.97. The van der Waals surface area contributed by atoms with Crippen molar-refractivity contribution in [3.05, 3.63) is 199 Å². The minimum absolute atomic E-state index is 0.0661. The van der Waals surface area contributed by atoms with Crippen molar-refractivity contribution in [2.45, 2.75) is 89.9 Å². The smallest absolute Gasteiger partial charge is 0.269 e. The summed E-state index contributed by atoms with van der Waals surface area (Å²) < 4.78 is 13.5. The maximum Gasteiger partial charge on any atom is 0.269 e. The molecular weight excluding hydrogens is 817 g/mol. The van der Waals surface area contributed by atoms with Gasteiger partial charge in [0.25, 0.3) is 6.33 Å². The van der Waals surface area contributed by atoms with Gasteiger partial charge in [0.1, 0.15) is 17.3 Å². The molecule has 0 bridgehead atoms. The fourth-order valence-corrected chi connectivity index (χ4v) is 12.6. The highest BCUT2D eigenvalue weighted by Gasteiger charge is 2.43. The summed E-state index contributed by atoms with van der Waals surface area (Å²) in [6.07, 6.45) is 8.01. The van der Waals surface area contributed by atoms with Crippen molar-refractivity contribution in [1.82, 2.24) is 14.1 Å². The third kappa shape index (κ3) is 6.57. The molecule has 67 heavy (non-hydrogen) atoms. The summed E-state index contributed by atoms with van der Waals surface area (Å²) in [6, 6.07) is 59.2. The van der Waals surface area contributed by atoms with Crippen molar-refractivity contribution < 1.29 is 9.30 Å². The Bertz CT molecular complexity index is 3520. The van der Waals surface area contributed by atoms with Gasteiger partial charge in [-0.25, -0.2) is 4.98 Å². The zero-order valence-electron chi connectivity index (χ0n) is 39.8. The van der Waals surface area contributed by atoms with Crippen LogP contribution in [-0.4, -0.2) is 14.1 Å². The summed E-state index contributed by atoms with van der Waals surface area (Å²) in [5.74, 6) is 2.36. The number of hydrogen-bond acceptors (Lipinski definition) is 2. The van der Waals surface area contributed by atoms with Gasteiger partial charge in [0.2, 0.25) is 0 Å². The number of imidazole rings is 1. The van der Waals surface area contributed by atoms with Crippen LogP contribution in [0.15, 0.2) is 170 Å². The second-order valence-corrected chi connectivity index (χ2v) is 21.7. The van der Waals surface area contributed by atoms with Gasteiger partial charge >= 0.3 is 0 Å². The van der Waals surface area contributed by atoms with E-state index in [0.29, 0.717) is 0 Å². The van der Waals surface area contributed by atoms with Gasteiger partial charge in [0, 0.05) is 23.0 Å². The highest BCUT2D eigenvalue weighted by Crippen LogP contribution is 2.52. The fraction of sp³-hybridized carbons (Fsp3) is 0.226. The monoisotopic (exact) mass is 872 g/mol. The third-order valence-electron chi connectivity index (χ3n) is 15.0. The zero-order chi connectivity index (χ0) is 46.0. The van der Waals surface area contributed by atoms with Crippen LogP contribution in [0.2, 0.25) is 0 Å². The van der Waals surface area contributed by atoms with E-state index < -0.39 is 0 Å². The minimum atomic E-state index is 0.0661. The first-order valence-electron chi connectivity index (χ1n) is 23.8. The SMILES string of the molecule is CC1(C)CC(C)(C)c2cc(-c3cccc(-c4ccc5c(c4)C(C)(C)CC5(C)C)c3-[n+]3[c-]n(-c4cccc(Oc5ccc6c7ccccc7n(-c7ccccn7)c6c5)c4)c4ccccc43)ccc21. The molecule has 0 spiro atoms. The predicted molar refractivity (Wildman–Crippen MR) is 275 cm³/mol. The molecule has 12 rings (SSSR count).